The Morgan fingerprint density at radius 3 is 2.65 bits per heavy atom. The summed E-state index contributed by atoms with van der Waals surface area (Å²) in [5.74, 6) is 1.11. The van der Waals surface area contributed by atoms with Crippen LogP contribution in [-0.2, 0) is 18.0 Å². The number of pyridine rings is 3. The Labute approximate surface area is 284 Å². The van der Waals surface area contributed by atoms with Crippen LogP contribution in [0.1, 0.15) is 66.0 Å². The SMILES string of the molecule is C[C@H]1CCCN(Cc2cc3c(C#N)cn(-c4cc(-c5cccnc5C(=O)N(C)C)cc(C5CC5)n4)c(=O)c3n2COCC[Si](C)(C)C)C1. The van der Waals surface area contributed by atoms with E-state index in [9.17, 15) is 14.9 Å². The molecule has 2 aliphatic rings. The van der Waals surface area contributed by atoms with Gasteiger partial charge in [0.1, 0.15) is 29.8 Å². The summed E-state index contributed by atoms with van der Waals surface area (Å²) in [6.07, 6.45) is 7.63. The fourth-order valence-corrected chi connectivity index (χ4v) is 7.32. The predicted molar refractivity (Wildman–Crippen MR) is 191 cm³/mol. The van der Waals surface area contributed by atoms with Crippen molar-refractivity contribution in [3.8, 4) is 23.0 Å². The van der Waals surface area contributed by atoms with Gasteiger partial charge in [-0.15, -0.1) is 0 Å². The Balaban J connectivity index is 1.50. The molecule has 1 atom stereocenters. The van der Waals surface area contributed by atoms with Crippen molar-refractivity contribution in [2.75, 3.05) is 33.8 Å². The number of hydrogen-bond donors (Lipinski definition) is 0. The topological polar surface area (TPSA) is 109 Å². The molecule has 1 saturated carbocycles. The van der Waals surface area contributed by atoms with Crippen LogP contribution in [0.2, 0.25) is 25.7 Å². The maximum absolute atomic E-state index is 14.6. The van der Waals surface area contributed by atoms with Crippen molar-refractivity contribution in [1.29, 1.82) is 5.26 Å². The minimum Gasteiger partial charge on any atom is -0.361 e. The molecule has 4 aromatic heterocycles. The van der Waals surface area contributed by atoms with E-state index in [1.165, 1.54) is 15.9 Å². The molecule has 0 unspecified atom stereocenters. The molecule has 0 N–H and O–H groups in total. The lowest BCUT2D eigenvalue weighted by molar-refractivity contribution is 0.0822. The average molecular weight is 666 g/mol. The maximum Gasteiger partial charge on any atom is 0.280 e. The third kappa shape index (κ3) is 7.31. The highest BCUT2D eigenvalue weighted by Crippen LogP contribution is 2.41. The Kier molecular flexibility index (Phi) is 9.70. The first-order valence-electron chi connectivity index (χ1n) is 17.1. The molecule has 5 heterocycles. The zero-order valence-corrected chi connectivity index (χ0v) is 30.1. The highest BCUT2D eigenvalue weighted by molar-refractivity contribution is 6.76. The largest absolute Gasteiger partial charge is 0.361 e. The number of carbonyl (C=O) groups excluding carboxylic acids is 1. The van der Waals surface area contributed by atoms with E-state index < -0.39 is 8.07 Å². The molecule has 252 valence electrons. The number of hydrogen-bond acceptors (Lipinski definition) is 7. The number of nitriles is 1. The maximum atomic E-state index is 14.6. The average Bonchev–Trinajstić information content (AvgIpc) is 3.84. The molecule has 10 nitrogen and oxygen atoms in total. The summed E-state index contributed by atoms with van der Waals surface area (Å²) < 4.78 is 9.76. The molecule has 11 heteroatoms. The molecule has 2 fully saturated rings. The van der Waals surface area contributed by atoms with Crippen LogP contribution in [0.15, 0.2) is 47.5 Å². The van der Waals surface area contributed by atoms with Gasteiger partial charge in [-0.2, -0.15) is 5.26 Å². The summed E-state index contributed by atoms with van der Waals surface area (Å²) in [5, 5.41) is 11.0. The van der Waals surface area contributed by atoms with Crippen LogP contribution in [0.3, 0.4) is 0 Å². The standard InChI is InChI=1S/C37H47N7O3Si/c1-25-9-8-14-42(21-25)23-29-19-31-28(20-38)22-43(37(46)35(31)44(29)24-47-15-16-48(4,5)6)33-18-27(17-32(40-33)26-11-12-26)30-10-7-13-39-34(30)36(45)41(2)3/h7,10,13,17-19,22,25-26H,8-9,11-12,14-16,21,23-24H2,1-6H3/t25-/m0/s1. The highest BCUT2D eigenvalue weighted by Gasteiger charge is 2.28. The summed E-state index contributed by atoms with van der Waals surface area (Å²) in [6.45, 7) is 12.8. The fourth-order valence-electron chi connectivity index (χ4n) is 6.57. The Morgan fingerprint density at radius 1 is 1.17 bits per heavy atom. The van der Waals surface area contributed by atoms with Gasteiger partial charge in [-0.25, -0.2) is 4.98 Å². The Bertz CT molecular complexity index is 1930. The van der Waals surface area contributed by atoms with Crippen molar-refractivity contribution in [3.05, 3.63) is 75.7 Å². The number of amides is 1. The number of nitrogens with zero attached hydrogens (tertiary/aromatic N) is 7. The van der Waals surface area contributed by atoms with E-state index in [4.69, 9.17) is 9.72 Å². The molecule has 1 aliphatic heterocycles. The Hall–Kier alpha value is -4.11. The first-order valence-corrected chi connectivity index (χ1v) is 20.8. The lowest BCUT2D eigenvalue weighted by atomic mass is 10.0. The number of likely N-dealkylation sites (tertiary alicyclic amines) is 1. The summed E-state index contributed by atoms with van der Waals surface area (Å²) >= 11 is 0. The second-order valence-corrected chi connectivity index (χ2v) is 20.6. The third-order valence-corrected chi connectivity index (χ3v) is 11.1. The van der Waals surface area contributed by atoms with Crippen LogP contribution in [0, 0.1) is 17.2 Å². The van der Waals surface area contributed by atoms with Crippen molar-refractivity contribution < 1.29 is 9.53 Å². The molecule has 0 radical (unpaired) electrons. The molecule has 1 saturated heterocycles. The molecular weight excluding hydrogens is 619 g/mol. The van der Waals surface area contributed by atoms with Crippen LogP contribution in [0.25, 0.3) is 27.8 Å². The molecule has 4 aromatic rings. The smallest absolute Gasteiger partial charge is 0.280 e. The summed E-state index contributed by atoms with van der Waals surface area (Å²) in [6, 6.07) is 12.9. The van der Waals surface area contributed by atoms with Crippen LogP contribution in [0.4, 0.5) is 0 Å². The van der Waals surface area contributed by atoms with Gasteiger partial charge >= 0.3 is 0 Å². The van der Waals surface area contributed by atoms with Gasteiger partial charge < -0.3 is 14.2 Å². The van der Waals surface area contributed by atoms with Crippen molar-refractivity contribution in [2.24, 2.45) is 5.92 Å². The second kappa shape index (κ2) is 13.8. The number of fused-ring (bicyclic) bond motifs is 1. The highest BCUT2D eigenvalue weighted by atomic mass is 28.3. The first-order chi connectivity index (χ1) is 22.9. The summed E-state index contributed by atoms with van der Waals surface area (Å²) in [5.41, 5.74) is 4.22. The van der Waals surface area contributed by atoms with Gasteiger partial charge in [0.05, 0.1) is 5.56 Å². The van der Waals surface area contributed by atoms with E-state index >= 15 is 0 Å². The molecule has 0 bridgehead atoms. The van der Waals surface area contributed by atoms with E-state index in [0.717, 1.165) is 55.3 Å². The van der Waals surface area contributed by atoms with Crippen LogP contribution in [-0.4, -0.2) is 76.7 Å². The predicted octanol–water partition coefficient (Wildman–Crippen LogP) is 6.24. The van der Waals surface area contributed by atoms with Crippen LogP contribution in [0.5, 0.6) is 0 Å². The molecule has 0 aromatic carbocycles. The summed E-state index contributed by atoms with van der Waals surface area (Å²) in [4.78, 5) is 41.1. The third-order valence-electron chi connectivity index (χ3n) is 9.42. The van der Waals surface area contributed by atoms with E-state index in [-0.39, 0.29) is 24.1 Å². The second-order valence-electron chi connectivity index (χ2n) is 15.0. The quantitative estimate of drug-likeness (QED) is 0.138. The molecule has 48 heavy (non-hydrogen) atoms. The fraction of sp³-hybridized carbons (Fsp3) is 0.486. The van der Waals surface area contributed by atoms with Gasteiger partial charge in [-0.1, -0.05) is 32.6 Å². The van der Waals surface area contributed by atoms with Crippen LogP contribution >= 0.6 is 0 Å². The number of rotatable bonds is 11. The molecule has 1 aliphatic carbocycles. The molecule has 6 rings (SSSR count). The molecule has 1 amide bonds. The normalized spacial score (nSPS) is 17.1. The number of aromatic nitrogens is 4. The van der Waals surface area contributed by atoms with E-state index in [2.05, 4.69) is 42.5 Å². The van der Waals surface area contributed by atoms with Crippen molar-refractivity contribution in [1.82, 2.24) is 28.9 Å². The first kappa shape index (κ1) is 33.8. The molecule has 0 spiro atoms. The van der Waals surface area contributed by atoms with Crippen LogP contribution < -0.4 is 5.56 Å². The number of ether oxygens (including phenoxy) is 1. The Morgan fingerprint density at radius 2 is 1.96 bits per heavy atom. The zero-order chi connectivity index (χ0) is 34.2. The zero-order valence-electron chi connectivity index (χ0n) is 29.1. The lowest BCUT2D eigenvalue weighted by Crippen LogP contribution is -2.34. The van der Waals surface area contributed by atoms with Gasteiger partial charge in [0.2, 0.25) is 0 Å². The molecular formula is C37H47N7O3Si. The van der Waals surface area contributed by atoms with Crippen molar-refractivity contribution in [2.45, 2.75) is 77.5 Å². The van der Waals surface area contributed by atoms with Crippen molar-refractivity contribution in [3.63, 3.8) is 0 Å². The minimum atomic E-state index is -1.32. The number of carbonyl (C=O) groups is 1. The van der Waals surface area contributed by atoms with Gasteiger partial charge in [0.25, 0.3) is 11.5 Å². The van der Waals surface area contributed by atoms with Gasteiger partial charge in [0.15, 0.2) is 0 Å². The van der Waals surface area contributed by atoms with Gasteiger partial charge in [-0.05, 0) is 74.0 Å². The lowest BCUT2D eigenvalue weighted by Gasteiger charge is -2.31. The van der Waals surface area contributed by atoms with Gasteiger partial charge in [0, 0.05) is 82.5 Å². The van der Waals surface area contributed by atoms with Gasteiger partial charge in [-0.3, -0.25) is 24.0 Å². The monoisotopic (exact) mass is 665 g/mol. The number of piperidine rings is 1. The van der Waals surface area contributed by atoms with E-state index in [1.807, 2.05) is 34.9 Å². The summed E-state index contributed by atoms with van der Waals surface area (Å²) in [7, 11) is 2.09. The van der Waals surface area contributed by atoms with E-state index in [0.29, 0.717) is 52.6 Å². The van der Waals surface area contributed by atoms with Crippen molar-refractivity contribution >= 4 is 24.9 Å². The minimum absolute atomic E-state index is 0.204. The van der Waals surface area contributed by atoms with E-state index in [1.54, 1.807) is 26.5 Å².